The van der Waals surface area contributed by atoms with Crippen molar-refractivity contribution < 1.29 is 0 Å². The van der Waals surface area contributed by atoms with Crippen molar-refractivity contribution in [2.45, 2.75) is 6.42 Å². The van der Waals surface area contributed by atoms with Crippen LogP contribution in [0.4, 0.5) is 5.82 Å². The topological polar surface area (TPSA) is 78.9 Å². The first kappa shape index (κ1) is 13.0. The molecule has 3 N–H and O–H groups in total. The van der Waals surface area contributed by atoms with Crippen LogP contribution in [-0.4, -0.2) is 29.4 Å². The molecule has 0 saturated heterocycles. The average molecular weight is 255 g/mol. The fourth-order valence-electron chi connectivity index (χ4n) is 1.71. The molecule has 0 unspecified atom stereocenters. The highest BCUT2D eigenvalue weighted by Gasteiger charge is 2.04. The third kappa shape index (κ3) is 3.51. The van der Waals surface area contributed by atoms with E-state index in [-0.39, 0.29) is 5.84 Å². The van der Waals surface area contributed by atoms with Gasteiger partial charge in [0.2, 0.25) is 0 Å². The van der Waals surface area contributed by atoms with Crippen molar-refractivity contribution in [3.05, 3.63) is 54.0 Å². The minimum Gasteiger partial charge on any atom is -0.384 e. The first-order valence-electron chi connectivity index (χ1n) is 6.08. The molecule has 2 aromatic rings. The van der Waals surface area contributed by atoms with Gasteiger partial charge in [0.25, 0.3) is 0 Å². The summed E-state index contributed by atoms with van der Waals surface area (Å²) >= 11 is 0. The van der Waals surface area contributed by atoms with E-state index in [0.29, 0.717) is 5.56 Å². The van der Waals surface area contributed by atoms with Gasteiger partial charge in [-0.25, -0.2) is 4.98 Å². The molecule has 0 amide bonds. The molecule has 0 aromatic carbocycles. The highest BCUT2D eigenvalue weighted by atomic mass is 15.2. The van der Waals surface area contributed by atoms with E-state index in [9.17, 15) is 0 Å². The maximum Gasteiger partial charge on any atom is 0.128 e. The molecule has 2 rings (SSSR count). The summed E-state index contributed by atoms with van der Waals surface area (Å²) in [5.74, 6) is 0.899. The molecule has 0 aliphatic rings. The Hall–Kier alpha value is -2.43. The highest BCUT2D eigenvalue weighted by molar-refractivity contribution is 5.94. The summed E-state index contributed by atoms with van der Waals surface area (Å²) in [5.41, 5.74) is 7.10. The van der Waals surface area contributed by atoms with Gasteiger partial charge in [0.1, 0.15) is 11.7 Å². The first-order valence-corrected chi connectivity index (χ1v) is 6.08. The first-order chi connectivity index (χ1) is 9.16. The van der Waals surface area contributed by atoms with Crippen molar-refractivity contribution in [3.8, 4) is 0 Å². The summed E-state index contributed by atoms with van der Waals surface area (Å²) in [6, 6.07) is 9.59. The monoisotopic (exact) mass is 255 g/mol. The predicted molar refractivity (Wildman–Crippen MR) is 76.5 cm³/mol. The molecular formula is C14H17N5. The number of likely N-dealkylation sites (N-methyl/N-ethyl adjacent to an activating group) is 1. The molecule has 0 aliphatic carbocycles. The van der Waals surface area contributed by atoms with Gasteiger partial charge in [-0.2, -0.15) is 0 Å². The number of anilines is 1. The maximum absolute atomic E-state index is 7.32. The lowest BCUT2D eigenvalue weighted by molar-refractivity contribution is 0.839. The number of hydrogen-bond acceptors (Lipinski definition) is 4. The quantitative estimate of drug-likeness (QED) is 0.626. The lowest BCUT2D eigenvalue weighted by atomic mass is 10.2. The number of nitrogen functional groups attached to an aromatic ring is 1. The number of nitrogens with two attached hydrogens (primary N) is 1. The summed E-state index contributed by atoms with van der Waals surface area (Å²) in [6.07, 6.45) is 4.29. The third-order valence-electron chi connectivity index (χ3n) is 2.88. The fourth-order valence-corrected chi connectivity index (χ4v) is 1.71. The van der Waals surface area contributed by atoms with Crippen LogP contribution < -0.4 is 10.6 Å². The Morgan fingerprint density at radius 1 is 1.26 bits per heavy atom. The van der Waals surface area contributed by atoms with Crippen LogP contribution in [0.3, 0.4) is 0 Å². The highest BCUT2D eigenvalue weighted by Crippen LogP contribution is 2.10. The molecule has 2 aromatic heterocycles. The summed E-state index contributed by atoms with van der Waals surface area (Å²) < 4.78 is 0. The van der Waals surface area contributed by atoms with E-state index in [1.165, 1.54) is 0 Å². The molecule has 0 atom stereocenters. The molecule has 0 fully saturated rings. The Kier molecular flexibility index (Phi) is 4.07. The number of rotatable bonds is 5. The van der Waals surface area contributed by atoms with E-state index in [1.54, 1.807) is 12.4 Å². The number of amidine groups is 1. The lowest BCUT2D eigenvalue weighted by Gasteiger charge is -2.17. The third-order valence-corrected chi connectivity index (χ3v) is 2.88. The fraction of sp³-hybridized carbons (Fsp3) is 0.214. The summed E-state index contributed by atoms with van der Waals surface area (Å²) in [6.45, 7) is 0.837. The van der Waals surface area contributed by atoms with Crippen LogP contribution in [-0.2, 0) is 6.42 Å². The number of nitrogens with zero attached hydrogens (tertiary/aromatic N) is 3. The van der Waals surface area contributed by atoms with Crippen LogP contribution in [0.5, 0.6) is 0 Å². The molecule has 0 bridgehead atoms. The molecule has 2 heterocycles. The molecule has 0 saturated carbocycles. The van der Waals surface area contributed by atoms with E-state index in [1.807, 2.05) is 37.4 Å². The Morgan fingerprint density at radius 3 is 2.68 bits per heavy atom. The van der Waals surface area contributed by atoms with Crippen LogP contribution in [0.25, 0.3) is 0 Å². The van der Waals surface area contributed by atoms with Gasteiger partial charge in [0.05, 0.1) is 0 Å². The second kappa shape index (κ2) is 5.95. The average Bonchev–Trinajstić information content (AvgIpc) is 2.46. The van der Waals surface area contributed by atoms with E-state index in [4.69, 9.17) is 11.1 Å². The van der Waals surface area contributed by atoms with Gasteiger partial charge in [-0.1, -0.05) is 6.07 Å². The second-order valence-electron chi connectivity index (χ2n) is 4.31. The largest absolute Gasteiger partial charge is 0.384 e. The maximum atomic E-state index is 7.32. The van der Waals surface area contributed by atoms with Gasteiger partial charge in [-0.3, -0.25) is 10.4 Å². The van der Waals surface area contributed by atoms with E-state index < -0.39 is 0 Å². The smallest absolute Gasteiger partial charge is 0.128 e. The molecular weight excluding hydrogens is 238 g/mol. The molecule has 5 nitrogen and oxygen atoms in total. The van der Waals surface area contributed by atoms with Gasteiger partial charge in [-0.05, 0) is 24.3 Å². The van der Waals surface area contributed by atoms with Gasteiger partial charge in [0, 0.05) is 43.7 Å². The number of pyridine rings is 2. The van der Waals surface area contributed by atoms with E-state index in [0.717, 1.165) is 24.5 Å². The zero-order valence-electron chi connectivity index (χ0n) is 10.9. The number of hydrogen-bond donors (Lipinski definition) is 2. The lowest BCUT2D eigenvalue weighted by Crippen LogP contribution is -2.22. The second-order valence-corrected chi connectivity index (χ2v) is 4.31. The van der Waals surface area contributed by atoms with Crippen LogP contribution in [0.2, 0.25) is 0 Å². The minimum absolute atomic E-state index is 0.0372. The van der Waals surface area contributed by atoms with Crippen molar-refractivity contribution in [2.24, 2.45) is 5.73 Å². The Bertz CT molecular complexity index is 536. The van der Waals surface area contributed by atoms with Crippen LogP contribution in [0.15, 0.2) is 42.7 Å². The van der Waals surface area contributed by atoms with Crippen LogP contribution in [0, 0.1) is 5.41 Å². The summed E-state index contributed by atoms with van der Waals surface area (Å²) in [4.78, 5) is 10.6. The Morgan fingerprint density at radius 2 is 2.11 bits per heavy atom. The Labute approximate surface area is 112 Å². The van der Waals surface area contributed by atoms with Crippen molar-refractivity contribution >= 4 is 11.7 Å². The van der Waals surface area contributed by atoms with Gasteiger partial charge in [0.15, 0.2) is 0 Å². The van der Waals surface area contributed by atoms with Crippen molar-refractivity contribution in [1.82, 2.24) is 9.97 Å². The zero-order valence-corrected chi connectivity index (χ0v) is 10.9. The predicted octanol–water partition coefficient (Wildman–Crippen LogP) is 1.44. The van der Waals surface area contributed by atoms with E-state index >= 15 is 0 Å². The van der Waals surface area contributed by atoms with Crippen molar-refractivity contribution in [1.29, 1.82) is 5.41 Å². The zero-order chi connectivity index (χ0) is 13.7. The Balaban J connectivity index is 1.96. The van der Waals surface area contributed by atoms with Crippen molar-refractivity contribution in [2.75, 3.05) is 18.5 Å². The van der Waals surface area contributed by atoms with E-state index in [2.05, 4.69) is 14.9 Å². The summed E-state index contributed by atoms with van der Waals surface area (Å²) in [5, 5.41) is 7.32. The SMILES string of the molecule is CN(CCc1ccccn1)c1ccc(C(=N)N)cn1. The molecule has 98 valence electrons. The number of nitrogens with one attached hydrogen (secondary N) is 1. The molecule has 5 heteroatoms. The normalized spacial score (nSPS) is 10.2. The molecule has 0 aliphatic heterocycles. The molecule has 19 heavy (non-hydrogen) atoms. The van der Waals surface area contributed by atoms with Crippen LogP contribution >= 0.6 is 0 Å². The number of aromatic nitrogens is 2. The van der Waals surface area contributed by atoms with Gasteiger partial charge >= 0.3 is 0 Å². The molecule has 0 radical (unpaired) electrons. The molecule has 0 spiro atoms. The van der Waals surface area contributed by atoms with Gasteiger partial charge in [-0.15, -0.1) is 0 Å². The summed E-state index contributed by atoms with van der Waals surface area (Å²) in [7, 11) is 1.98. The van der Waals surface area contributed by atoms with Gasteiger partial charge < -0.3 is 10.6 Å². The van der Waals surface area contributed by atoms with Crippen molar-refractivity contribution in [3.63, 3.8) is 0 Å². The van der Waals surface area contributed by atoms with Crippen LogP contribution in [0.1, 0.15) is 11.3 Å². The standard InChI is InChI=1S/C14H17N5/c1-19(9-7-12-4-2-3-8-17-12)13-6-5-11(10-18-13)14(15)16/h2-6,8,10H,7,9H2,1H3,(H3,15,16). The minimum atomic E-state index is 0.0372.